The molecule has 7 heteroatoms. The molecular formula is C22H30N2O4S. The molecule has 4 rings (SSSR count). The number of allylic oxidation sites excluding steroid dienone is 1. The fraction of sp³-hybridized carbons (Fsp3) is 0.591. The highest BCUT2D eigenvalue weighted by Crippen LogP contribution is 2.55. The maximum atomic E-state index is 13.3. The lowest BCUT2D eigenvalue weighted by Crippen LogP contribution is -2.86. The van der Waals surface area contributed by atoms with Crippen molar-refractivity contribution in [2.24, 2.45) is 5.92 Å². The van der Waals surface area contributed by atoms with Crippen molar-refractivity contribution in [1.82, 2.24) is 9.21 Å². The predicted molar refractivity (Wildman–Crippen MR) is 113 cm³/mol. The summed E-state index contributed by atoms with van der Waals surface area (Å²) in [4.78, 5) is 15.2. The van der Waals surface area contributed by atoms with Crippen LogP contribution < -0.4 is 0 Å². The van der Waals surface area contributed by atoms with Gasteiger partial charge in [-0.2, -0.15) is 4.31 Å². The van der Waals surface area contributed by atoms with Crippen molar-refractivity contribution in [3.63, 3.8) is 0 Å². The summed E-state index contributed by atoms with van der Waals surface area (Å²) >= 11 is 0. The molecule has 2 heterocycles. The first-order valence-corrected chi connectivity index (χ1v) is 12.3. The Morgan fingerprint density at radius 2 is 1.83 bits per heavy atom. The second-order valence-corrected chi connectivity index (χ2v) is 10.7. The molecule has 6 nitrogen and oxygen atoms in total. The smallest absolute Gasteiger partial charge is 0.226 e. The van der Waals surface area contributed by atoms with Crippen LogP contribution in [0.5, 0.6) is 0 Å². The second kappa shape index (κ2) is 7.52. The number of sulfonamides is 1. The molecule has 158 valence electrons. The summed E-state index contributed by atoms with van der Waals surface area (Å²) in [5, 5.41) is 10.2. The Morgan fingerprint density at radius 1 is 1.21 bits per heavy atom. The van der Waals surface area contributed by atoms with E-state index in [0.717, 1.165) is 36.8 Å². The summed E-state index contributed by atoms with van der Waals surface area (Å²) in [7, 11) is -3.30. The number of aliphatic hydroxyl groups excluding tert-OH is 1. The zero-order chi connectivity index (χ0) is 20.8. The normalized spacial score (nSPS) is 27.3. The minimum absolute atomic E-state index is 0.00576. The average Bonchev–Trinajstić information content (AvgIpc) is 3.15. The lowest BCUT2D eigenvalue weighted by molar-refractivity contribution is -0.192. The van der Waals surface area contributed by atoms with Crippen LogP contribution in [-0.4, -0.2) is 66.2 Å². The van der Waals surface area contributed by atoms with E-state index in [4.69, 9.17) is 0 Å². The Hall–Kier alpha value is -1.70. The van der Waals surface area contributed by atoms with Gasteiger partial charge in [0.25, 0.3) is 0 Å². The fourth-order valence-electron chi connectivity index (χ4n) is 5.53. The highest BCUT2D eigenvalue weighted by molar-refractivity contribution is 7.88. The van der Waals surface area contributed by atoms with E-state index in [9.17, 15) is 18.3 Å². The van der Waals surface area contributed by atoms with Crippen molar-refractivity contribution in [3.8, 4) is 0 Å². The molecule has 0 radical (unpaired) electrons. The van der Waals surface area contributed by atoms with Crippen LogP contribution in [0.1, 0.15) is 49.7 Å². The second-order valence-electron chi connectivity index (χ2n) is 8.72. The van der Waals surface area contributed by atoms with E-state index in [1.807, 2.05) is 48.2 Å². The van der Waals surface area contributed by atoms with Crippen LogP contribution in [0.15, 0.2) is 30.3 Å². The van der Waals surface area contributed by atoms with E-state index in [1.165, 1.54) is 10.6 Å². The van der Waals surface area contributed by atoms with Gasteiger partial charge in [0.2, 0.25) is 15.9 Å². The lowest BCUT2D eigenvalue weighted by Gasteiger charge is -2.70. The molecule has 0 bridgehead atoms. The van der Waals surface area contributed by atoms with Gasteiger partial charge in [-0.05, 0) is 30.9 Å². The quantitative estimate of drug-likeness (QED) is 0.795. The van der Waals surface area contributed by atoms with Crippen molar-refractivity contribution >= 4 is 22.0 Å². The third-order valence-electron chi connectivity index (χ3n) is 6.93. The predicted octanol–water partition coefficient (Wildman–Crippen LogP) is 2.21. The number of carbonyl (C=O) groups excluding carboxylic acids is 1. The van der Waals surface area contributed by atoms with Gasteiger partial charge in [0.15, 0.2) is 0 Å². The maximum absolute atomic E-state index is 13.3. The molecule has 2 saturated heterocycles. The molecule has 1 saturated carbocycles. The Bertz CT molecular complexity index is 897. The third kappa shape index (κ3) is 3.33. The van der Waals surface area contributed by atoms with Crippen molar-refractivity contribution in [2.45, 2.75) is 50.1 Å². The maximum Gasteiger partial charge on any atom is 0.226 e. The fourth-order valence-corrected chi connectivity index (χ4v) is 6.45. The summed E-state index contributed by atoms with van der Waals surface area (Å²) in [5.74, 6) is 0.0400. The number of rotatable bonds is 5. The van der Waals surface area contributed by atoms with E-state index in [2.05, 4.69) is 0 Å². The number of hydrogen-bond donors (Lipinski definition) is 1. The Morgan fingerprint density at radius 3 is 2.34 bits per heavy atom. The van der Waals surface area contributed by atoms with Crippen LogP contribution >= 0.6 is 0 Å². The molecule has 1 spiro atoms. The standard InChI is InChI=1S/C22H30N2O4S/c1-3-6-16-9-11-17(12-10-16)20-19(13-25)24(21(26)18-7-4-5-8-18)22(20)14-23(15-22)29(2,27)28/h3,6,9-12,18-20,25H,4-5,7-8,13-15H2,1-2H3/b6-3+/t19-,20+/m1/s1. The van der Waals surface area contributed by atoms with Crippen molar-refractivity contribution in [3.05, 3.63) is 41.5 Å². The minimum Gasteiger partial charge on any atom is -0.394 e. The molecule has 2 aliphatic heterocycles. The van der Waals surface area contributed by atoms with Crippen LogP contribution in [0.2, 0.25) is 0 Å². The van der Waals surface area contributed by atoms with Gasteiger partial charge in [-0.1, -0.05) is 49.3 Å². The number of amides is 1. The van der Waals surface area contributed by atoms with Gasteiger partial charge >= 0.3 is 0 Å². The first-order chi connectivity index (χ1) is 13.8. The van der Waals surface area contributed by atoms with Gasteiger partial charge in [-0.15, -0.1) is 0 Å². The summed E-state index contributed by atoms with van der Waals surface area (Å²) < 4.78 is 25.5. The van der Waals surface area contributed by atoms with Crippen molar-refractivity contribution in [1.29, 1.82) is 0 Å². The summed E-state index contributed by atoms with van der Waals surface area (Å²) in [6, 6.07) is 7.87. The summed E-state index contributed by atoms with van der Waals surface area (Å²) in [5.41, 5.74) is 1.61. The molecule has 2 atom stereocenters. The zero-order valence-electron chi connectivity index (χ0n) is 17.1. The SMILES string of the molecule is C/C=C/c1ccc([C@H]2[C@@H](CO)N(C(=O)C3CCCC3)C23CN(S(C)(=O)=O)C3)cc1. The molecule has 1 aromatic rings. The molecular weight excluding hydrogens is 388 g/mol. The highest BCUT2D eigenvalue weighted by Gasteiger charge is 2.69. The van der Waals surface area contributed by atoms with Gasteiger partial charge in [-0.25, -0.2) is 8.42 Å². The first kappa shape index (κ1) is 20.6. The van der Waals surface area contributed by atoms with Crippen LogP contribution in [0.3, 0.4) is 0 Å². The molecule has 1 N–H and O–H groups in total. The van der Waals surface area contributed by atoms with Crippen LogP contribution in [0.25, 0.3) is 6.08 Å². The van der Waals surface area contributed by atoms with E-state index in [1.54, 1.807) is 0 Å². The Balaban J connectivity index is 1.67. The number of aliphatic hydroxyl groups is 1. The van der Waals surface area contributed by atoms with E-state index < -0.39 is 15.6 Å². The van der Waals surface area contributed by atoms with Crippen LogP contribution in [-0.2, 0) is 14.8 Å². The van der Waals surface area contributed by atoms with Crippen LogP contribution in [0.4, 0.5) is 0 Å². The van der Waals surface area contributed by atoms with Gasteiger partial charge in [0.05, 0.1) is 24.4 Å². The molecule has 0 unspecified atom stereocenters. The largest absolute Gasteiger partial charge is 0.394 e. The minimum atomic E-state index is -3.30. The molecule has 1 amide bonds. The lowest BCUT2D eigenvalue weighted by atomic mass is 9.61. The monoisotopic (exact) mass is 418 g/mol. The van der Waals surface area contributed by atoms with Gasteiger partial charge in [-0.3, -0.25) is 4.79 Å². The molecule has 1 aromatic carbocycles. The van der Waals surface area contributed by atoms with Crippen LogP contribution in [0, 0.1) is 5.92 Å². The number of nitrogens with zero attached hydrogens (tertiary/aromatic N) is 2. The summed E-state index contributed by atoms with van der Waals surface area (Å²) in [6.07, 6.45) is 9.12. The highest BCUT2D eigenvalue weighted by atomic mass is 32.2. The van der Waals surface area contributed by atoms with Gasteiger partial charge < -0.3 is 10.0 Å². The molecule has 29 heavy (non-hydrogen) atoms. The Labute approximate surface area is 173 Å². The van der Waals surface area contributed by atoms with E-state index in [-0.39, 0.29) is 30.4 Å². The molecule has 0 aromatic heterocycles. The third-order valence-corrected chi connectivity index (χ3v) is 8.12. The van der Waals surface area contributed by atoms with Gasteiger partial charge in [0, 0.05) is 24.9 Å². The molecule has 3 aliphatic rings. The summed E-state index contributed by atoms with van der Waals surface area (Å²) in [6.45, 7) is 2.47. The Kier molecular flexibility index (Phi) is 5.34. The zero-order valence-corrected chi connectivity index (χ0v) is 17.9. The first-order valence-electron chi connectivity index (χ1n) is 10.4. The van der Waals surface area contributed by atoms with Crippen molar-refractivity contribution < 1.29 is 18.3 Å². The van der Waals surface area contributed by atoms with Crippen molar-refractivity contribution in [2.75, 3.05) is 26.0 Å². The number of hydrogen-bond acceptors (Lipinski definition) is 4. The number of carbonyl (C=O) groups is 1. The molecule has 1 aliphatic carbocycles. The molecule has 3 fully saturated rings. The average molecular weight is 419 g/mol. The van der Waals surface area contributed by atoms with Gasteiger partial charge in [0.1, 0.15) is 0 Å². The van der Waals surface area contributed by atoms with E-state index in [0.29, 0.717) is 13.1 Å². The number of benzene rings is 1. The van der Waals surface area contributed by atoms with E-state index >= 15 is 0 Å². The number of likely N-dealkylation sites (tertiary alicyclic amines) is 1. The topological polar surface area (TPSA) is 77.9 Å².